The smallest absolute Gasteiger partial charge is 0.316 e. The molecule has 0 aliphatic heterocycles. The zero-order valence-electron chi connectivity index (χ0n) is 16.6. The molecular weight excluding hydrogens is 559 g/mol. The first kappa shape index (κ1) is 26.4. The van der Waals surface area contributed by atoms with Crippen LogP contribution in [0.15, 0.2) is 29.2 Å². The predicted octanol–water partition coefficient (Wildman–Crippen LogP) is 7.71. The second-order valence-corrected chi connectivity index (χ2v) is 13.3. The lowest BCUT2D eigenvalue weighted by molar-refractivity contribution is -0.136. The Morgan fingerprint density at radius 1 is 0.938 bits per heavy atom. The van der Waals surface area contributed by atoms with Crippen LogP contribution in [0.1, 0.15) is 50.2 Å². The van der Waals surface area contributed by atoms with Gasteiger partial charge in [-0.25, -0.2) is 15.0 Å². The van der Waals surface area contributed by atoms with Crippen LogP contribution in [0.25, 0.3) is 11.4 Å². The van der Waals surface area contributed by atoms with Crippen LogP contribution in [0.4, 0.5) is 0 Å². The summed E-state index contributed by atoms with van der Waals surface area (Å²) in [5.74, 6) is -0.531. The highest BCUT2D eigenvalue weighted by Gasteiger charge is 2.34. The SMILES string of the molecule is O=C(O)C(CC1CCCCC1)Sc1ccc(-c2nc(C(Cl)(Cl)Cl)nc(C(Cl)(Cl)Cl)n2)cc1. The Morgan fingerprint density at radius 2 is 1.47 bits per heavy atom. The molecule has 1 atom stereocenters. The number of carbonyl (C=O) groups is 1. The minimum Gasteiger partial charge on any atom is -0.480 e. The Bertz CT molecular complexity index is 912. The van der Waals surface area contributed by atoms with Crippen LogP contribution in [0.5, 0.6) is 0 Å². The number of nitrogens with zero attached hydrogens (tertiary/aromatic N) is 3. The van der Waals surface area contributed by atoms with E-state index in [-0.39, 0.29) is 17.5 Å². The quantitative estimate of drug-likeness (QED) is 0.280. The minimum absolute atomic E-state index is 0.163. The van der Waals surface area contributed by atoms with Gasteiger partial charge in [0.15, 0.2) is 17.5 Å². The Hall–Kier alpha value is -0.210. The Morgan fingerprint density at radius 3 is 1.94 bits per heavy atom. The summed E-state index contributed by atoms with van der Waals surface area (Å²) in [5, 5.41) is 9.18. The Labute approximate surface area is 220 Å². The normalized spacial score (nSPS) is 16.7. The molecule has 3 rings (SSSR count). The number of aliphatic carboxylic acids is 1. The van der Waals surface area contributed by atoms with E-state index in [9.17, 15) is 9.90 Å². The van der Waals surface area contributed by atoms with Crippen LogP contribution in [-0.2, 0) is 12.4 Å². The van der Waals surface area contributed by atoms with Crippen LogP contribution in [-0.4, -0.2) is 31.3 Å². The lowest BCUT2D eigenvalue weighted by Gasteiger charge is -2.24. The number of carboxylic acid groups (broad SMARTS) is 1. The number of benzene rings is 1. The molecule has 12 heteroatoms. The molecule has 1 aromatic carbocycles. The molecule has 0 spiro atoms. The van der Waals surface area contributed by atoms with Crippen LogP contribution < -0.4 is 0 Å². The van der Waals surface area contributed by atoms with Crippen LogP contribution in [0.3, 0.4) is 0 Å². The summed E-state index contributed by atoms with van der Waals surface area (Å²) in [6.07, 6.45) is 6.44. The molecular formula is C20H19Cl6N3O2S. The highest BCUT2D eigenvalue weighted by Crippen LogP contribution is 2.41. The van der Waals surface area contributed by atoms with E-state index in [0.717, 1.165) is 17.7 Å². The second-order valence-electron chi connectivity index (χ2n) is 7.51. The van der Waals surface area contributed by atoms with Crippen LogP contribution in [0, 0.1) is 5.92 Å². The zero-order valence-corrected chi connectivity index (χ0v) is 21.9. The summed E-state index contributed by atoms with van der Waals surface area (Å²) < 4.78 is -3.88. The highest BCUT2D eigenvalue weighted by atomic mass is 35.6. The number of aromatic nitrogens is 3. The molecule has 0 saturated heterocycles. The number of hydrogen-bond donors (Lipinski definition) is 1. The molecule has 1 N–H and O–H groups in total. The first-order chi connectivity index (χ1) is 14.9. The van der Waals surface area contributed by atoms with E-state index in [4.69, 9.17) is 69.6 Å². The van der Waals surface area contributed by atoms with E-state index in [1.54, 1.807) is 24.3 Å². The highest BCUT2D eigenvalue weighted by molar-refractivity contribution is 8.00. The van der Waals surface area contributed by atoms with E-state index in [0.29, 0.717) is 17.9 Å². The third-order valence-electron chi connectivity index (χ3n) is 5.08. The number of rotatable bonds is 6. The molecule has 0 bridgehead atoms. The van der Waals surface area contributed by atoms with Gasteiger partial charge >= 0.3 is 5.97 Å². The van der Waals surface area contributed by atoms with Gasteiger partial charge in [0, 0.05) is 10.5 Å². The molecule has 1 aromatic heterocycles. The van der Waals surface area contributed by atoms with Gasteiger partial charge in [0.2, 0.25) is 7.59 Å². The number of thioether (sulfide) groups is 1. The van der Waals surface area contributed by atoms with Crippen molar-refractivity contribution in [2.24, 2.45) is 5.92 Å². The molecule has 32 heavy (non-hydrogen) atoms. The lowest BCUT2D eigenvalue weighted by Crippen LogP contribution is -2.21. The van der Waals surface area contributed by atoms with E-state index in [2.05, 4.69) is 15.0 Å². The van der Waals surface area contributed by atoms with Crippen molar-refractivity contribution in [3.8, 4) is 11.4 Å². The van der Waals surface area contributed by atoms with Gasteiger partial charge in [0.05, 0.1) is 0 Å². The maximum atomic E-state index is 11.8. The second kappa shape index (κ2) is 11.0. The van der Waals surface area contributed by atoms with Gasteiger partial charge in [0.25, 0.3) is 0 Å². The standard InChI is InChI=1S/C20H19Cl6N3O2S/c21-19(22,23)17-27-15(28-18(29-17)20(24,25)26)12-6-8-13(9-7-12)32-14(16(30)31)10-11-4-2-1-3-5-11/h6-9,11,14H,1-5,10H2,(H,30,31). The molecule has 1 heterocycles. The predicted molar refractivity (Wildman–Crippen MR) is 132 cm³/mol. The summed E-state index contributed by atoms with van der Waals surface area (Å²) in [5.41, 5.74) is 0.571. The molecule has 1 saturated carbocycles. The summed E-state index contributed by atoms with van der Waals surface area (Å²) in [6.45, 7) is 0. The van der Waals surface area contributed by atoms with Crippen molar-refractivity contribution in [1.29, 1.82) is 0 Å². The maximum Gasteiger partial charge on any atom is 0.316 e. The molecule has 1 unspecified atom stereocenters. The van der Waals surface area contributed by atoms with Crippen molar-refractivity contribution >= 4 is 87.3 Å². The fourth-order valence-corrected chi connectivity index (χ4v) is 5.13. The van der Waals surface area contributed by atoms with Crippen molar-refractivity contribution in [2.75, 3.05) is 0 Å². The van der Waals surface area contributed by atoms with Crippen molar-refractivity contribution < 1.29 is 9.90 Å². The fourth-order valence-electron chi connectivity index (χ4n) is 3.53. The van der Waals surface area contributed by atoms with Crippen molar-refractivity contribution in [2.45, 2.75) is 56.3 Å². The largest absolute Gasteiger partial charge is 0.480 e. The number of alkyl halides is 6. The fraction of sp³-hybridized carbons (Fsp3) is 0.500. The van der Waals surface area contributed by atoms with E-state index >= 15 is 0 Å². The summed E-state index contributed by atoms with van der Waals surface area (Å²) in [4.78, 5) is 24.9. The third kappa shape index (κ3) is 7.39. The molecule has 5 nitrogen and oxygen atoms in total. The molecule has 1 fully saturated rings. The number of hydrogen-bond acceptors (Lipinski definition) is 5. The van der Waals surface area contributed by atoms with E-state index in [1.807, 2.05) is 0 Å². The molecule has 2 aromatic rings. The average Bonchev–Trinajstić information content (AvgIpc) is 2.73. The van der Waals surface area contributed by atoms with Crippen molar-refractivity contribution in [3.63, 3.8) is 0 Å². The van der Waals surface area contributed by atoms with E-state index < -0.39 is 18.8 Å². The first-order valence-electron chi connectivity index (χ1n) is 9.84. The molecule has 0 radical (unpaired) electrons. The van der Waals surface area contributed by atoms with Gasteiger partial charge in [-0.05, 0) is 24.5 Å². The summed E-state index contributed by atoms with van der Waals surface area (Å²) in [7, 11) is 0. The van der Waals surface area contributed by atoms with Gasteiger partial charge < -0.3 is 5.11 Å². The average molecular weight is 578 g/mol. The minimum atomic E-state index is -1.94. The van der Waals surface area contributed by atoms with Gasteiger partial charge in [-0.3, -0.25) is 4.79 Å². The van der Waals surface area contributed by atoms with Gasteiger partial charge in [-0.2, -0.15) is 0 Å². The topological polar surface area (TPSA) is 76.0 Å². The van der Waals surface area contributed by atoms with Crippen LogP contribution >= 0.6 is 81.4 Å². The lowest BCUT2D eigenvalue weighted by atomic mass is 9.86. The van der Waals surface area contributed by atoms with Crippen LogP contribution in [0.2, 0.25) is 0 Å². The van der Waals surface area contributed by atoms with Gasteiger partial charge in [-0.15, -0.1) is 11.8 Å². The first-order valence-corrected chi connectivity index (χ1v) is 13.0. The summed E-state index contributed by atoms with van der Waals surface area (Å²) >= 11 is 36.9. The monoisotopic (exact) mass is 575 g/mol. The molecule has 1 aliphatic carbocycles. The number of halogens is 6. The maximum absolute atomic E-state index is 11.8. The zero-order chi connectivity index (χ0) is 23.5. The van der Waals surface area contributed by atoms with Crippen molar-refractivity contribution in [1.82, 2.24) is 15.0 Å². The van der Waals surface area contributed by atoms with Gasteiger partial charge in [0.1, 0.15) is 5.25 Å². The van der Waals surface area contributed by atoms with Gasteiger partial charge in [-0.1, -0.05) is 114 Å². The van der Waals surface area contributed by atoms with Crippen molar-refractivity contribution in [3.05, 3.63) is 35.9 Å². The Balaban J connectivity index is 1.82. The third-order valence-corrected chi connectivity index (χ3v) is 7.32. The molecule has 0 amide bonds. The molecule has 174 valence electrons. The number of carboxylic acids is 1. The molecule has 1 aliphatic rings. The van der Waals surface area contributed by atoms with E-state index in [1.165, 1.54) is 31.0 Å². The summed E-state index contributed by atoms with van der Waals surface area (Å²) in [6, 6.07) is 7.07. The Kier molecular flexibility index (Phi) is 9.09.